The topological polar surface area (TPSA) is 49.7 Å². The summed E-state index contributed by atoms with van der Waals surface area (Å²) >= 11 is 0. The SMILES string of the molecule is CC(C)(O)CCC[C@H](CO)[C@]1(O[Si](C)(C)C(C)(C)C)CC[C@H]2CCCC[C@]21C. The number of hydrogen-bond donors (Lipinski definition) is 2. The monoisotopic (exact) mass is 412 g/mol. The summed E-state index contributed by atoms with van der Waals surface area (Å²) in [5.41, 5.74) is -0.682. The molecule has 0 heterocycles. The summed E-state index contributed by atoms with van der Waals surface area (Å²) in [7, 11) is -1.98. The van der Waals surface area contributed by atoms with Crippen LogP contribution in [0, 0.1) is 17.3 Å². The van der Waals surface area contributed by atoms with Gasteiger partial charge in [0.25, 0.3) is 0 Å². The molecule has 0 radical (unpaired) electrons. The van der Waals surface area contributed by atoms with Gasteiger partial charge in [0.2, 0.25) is 0 Å². The quantitative estimate of drug-likeness (QED) is 0.461. The molecule has 4 atom stereocenters. The van der Waals surface area contributed by atoms with Crippen LogP contribution in [0.1, 0.15) is 99.3 Å². The maximum absolute atomic E-state index is 10.6. The normalized spacial score (nSPS) is 33.0. The minimum absolute atomic E-state index is 0.163. The second-order valence-electron chi connectivity index (χ2n) is 12.2. The van der Waals surface area contributed by atoms with E-state index >= 15 is 0 Å². The van der Waals surface area contributed by atoms with E-state index in [4.69, 9.17) is 4.43 Å². The van der Waals surface area contributed by atoms with Crippen molar-refractivity contribution in [2.75, 3.05) is 6.61 Å². The molecule has 0 saturated heterocycles. The molecule has 0 aromatic rings. The zero-order valence-electron chi connectivity index (χ0n) is 20.0. The van der Waals surface area contributed by atoms with Crippen molar-refractivity contribution in [1.29, 1.82) is 0 Å². The largest absolute Gasteiger partial charge is 0.410 e. The Kier molecular flexibility index (Phi) is 7.24. The molecule has 2 N–H and O–H groups in total. The van der Waals surface area contributed by atoms with Crippen molar-refractivity contribution in [2.45, 2.75) is 129 Å². The summed E-state index contributed by atoms with van der Waals surface area (Å²) in [5, 5.41) is 20.9. The van der Waals surface area contributed by atoms with Gasteiger partial charge in [0.15, 0.2) is 8.32 Å². The van der Waals surface area contributed by atoms with Crippen LogP contribution in [-0.4, -0.2) is 36.3 Å². The fourth-order valence-corrected chi connectivity index (χ4v) is 7.60. The molecule has 0 aliphatic heterocycles. The second kappa shape index (κ2) is 8.32. The summed E-state index contributed by atoms with van der Waals surface area (Å²) in [6, 6.07) is 0. The first-order valence-corrected chi connectivity index (χ1v) is 14.6. The molecule has 2 fully saturated rings. The molecule has 0 amide bonds. The van der Waals surface area contributed by atoms with Crippen molar-refractivity contribution >= 4 is 8.32 Å². The van der Waals surface area contributed by atoms with E-state index in [0.717, 1.165) is 31.6 Å². The summed E-state index contributed by atoms with van der Waals surface area (Å²) in [6.07, 6.45) is 10.2. The molecule has 28 heavy (non-hydrogen) atoms. The standard InChI is InChI=1S/C24H48O3Si/c1-21(2,3)28(7,8)27-24(20(18-25)13-11-15-22(4,5)26)17-14-19-12-9-10-16-23(19,24)6/h19-20,25-26H,9-18H2,1-8H3/t19-,20-,23-,24-/m1/s1. The Hall–Kier alpha value is 0.0969. The first kappa shape index (κ1) is 24.4. The highest BCUT2D eigenvalue weighted by Crippen LogP contribution is 2.63. The van der Waals surface area contributed by atoms with Crippen LogP contribution >= 0.6 is 0 Å². The first-order chi connectivity index (χ1) is 12.7. The van der Waals surface area contributed by atoms with Crippen LogP contribution in [-0.2, 0) is 4.43 Å². The maximum atomic E-state index is 10.6. The molecule has 2 rings (SSSR count). The van der Waals surface area contributed by atoms with Gasteiger partial charge in [0, 0.05) is 12.5 Å². The van der Waals surface area contributed by atoms with Crippen LogP contribution in [0.3, 0.4) is 0 Å². The lowest BCUT2D eigenvalue weighted by Gasteiger charge is -2.57. The highest BCUT2D eigenvalue weighted by atomic mass is 28.4. The van der Waals surface area contributed by atoms with Crippen molar-refractivity contribution in [3.05, 3.63) is 0 Å². The minimum atomic E-state index is -1.98. The Labute approximate surface area is 175 Å². The maximum Gasteiger partial charge on any atom is 0.192 e. The van der Waals surface area contributed by atoms with Crippen LogP contribution in [0.25, 0.3) is 0 Å². The second-order valence-corrected chi connectivity index (χ2v) is 17.0. The van der Waals surface area contributed by atoms with Crippen LogP contribution in [0.15, 0.2) is 0 Å². The van der Waals surface area contributed by atoms with E-state index in [1.807, 2.05) is 13.8 Å². The Bertz CT molecular complexity index is 519. The number of aliphatic hydroxyl groups is 2. The third-order valence-electron chi connectivity index (χ3n) is 8.70. The zero-order chi connectivity index (χ0) is 21.4. The Morgan fingerprint density at radius 3 is 2.25 bits per heavy atom. The number of fused-ring (bicyclic) bond motifs is 1. The van der Waals surface area contributed by atoms with E-state index in [1.165, 1.54) is 32.1 Å². The van der Waals surface area contributed by atoms with Gasteiger partial charge >= 0.3 is 0 Å². The molecule has 2 aliphatic rings. The lowest BCUT2D eigenvalue weighted by Crippen LogP contribution is -2.60. The van der Waals surface area contributed by atoms with Crippen LogP contribution in [0.5, 0.6) is 0 Å². The van der Waals surface area contributed by atoms with Gasteiger partial charge in [-0.2, -0.15) is 0 Å². The van der Waals surface area contributed by atoms with Crippen LogP contribution in [0.4, 0.5) is 0 Å². The van der Waals surface area contributed by atoms with E-state index in [0.29, 0.717) is 0 Å². The van der Waals surface area contributed by atoms with Crippen molar-refractivity contribution in [3.63, 3.8) is 0 Å². The van der Waals surface area contributed by atoms with Gasteiger partial charge in [-0.3, -0.25) is 0 Å². The lowest BCUT2D eigenvalue weighted by atomic mass is 9.59. The molecule has 2 aliphatic carbocycles. The van der Waals surface area contributed by atoms with Gasteiger partial charge in [0.05, 0.1) is 11.2 Å². The molecule has 3 nitrogen and oxygen atoms in total. The predicted molar refractivity (Wildman–Crippen MR) is 121 cm³/mol. The molecule has 2 saturated carbocycles. The van der Waals surface area contributed by atoms with E-state index in [9.17, 15) is 10.2 Å². The average molecular weight is 413 g/mol. The molecule has 0 aromatic carbocycles. The van der Waals surface area contributed by atoms with Crippen molar-refractivity contribution < 1.29 is 14.6 Å². The Balaban J connectivity index is 2.38. The molecule has 166 valence electrons. The fourth-order valence-electron chi connectivity index (χ4n) is 5.88. The third-order valence-corrected chi connectivity index (χ3v) is 13.2. The van der Waals surface area contributed by atoms with Crippen LogP contribution in [0.2, 0.25) is 18.1 Å². The predicted octanol–water partition coefficient (Wildman–Crippen LogP) is 6.29. The summed E-state index contributed by atoms with van der Waals surface area (Å²) in [4.78, 5) is 0. The van der Waals surface area contributed by atoms with Gasteiger partial charge in [-0.25, -0.2) is 0 Å². The minimum Gasteiger partial charge on any atom is -0.410 e. The highest BCUT2D eigenvalue weighted by Gasteiger charge is 2.63. The van der Waals surface area contributed by atoms with E-state index < -0.39 is 13.9 Å². The molecule has 0 spiro atoms. The van der Waals surface area contributed by atoms with Crippen molar-refractivity contribution in [2.24, 2.45) is 17.3 Å². The molecule has 4 heteroatoms. The summed E-state index contributed by atoms with van der Waals surface area (Å²) in [5.74, 6) is 0.895. The molecule has 0 bridgehead atoms. The van der Waals surface area contributed by atoms with E-state index in [2.05, 4.69) is 40.8 Å². The smallest absolute Gasteiger partial charge is 0.192 e. The zero-order valence-corrected chi connectivity index (χ0v) is 21.0. The van der Waals surface area contributed by atoms with E-state index in [1.54, 1.807) is 0 Å². The molecule has 0 aromatic heterocycles. The van der Waals surface area contributed by atoms with Crippen molar-refractivity contribution in [1.82, 2.24) is 0 Å². The van der Waals surface area contributed by atoms with Gasteiger partial charge in [0.1, 0.15) is 0 Å². The molecular weight excluding hydrogens is 364 g/mol. The van der Waals surface area contributed by atoms with Crippen LogP contribution < -0.4 is 0 Å². The summed E-state index contributed by atoms with van der Waals surface area (Å²) < 4.78 is 7.38. The fraction of sp³-hybridized carbons (Fsp3) is 1.00. The van der Waals surface area contributed by atoms with E-state index in [-0.39, 0.29) is 28.6 Å². The number of aliphatic hydroxyl groups excluding tert-OH is 1. The lowest BCUT2D eigenvalue weighted by molar-refractivity contribution is -0.126. The highest BCUT2D eigenvalue weighted by molar-refractivity contribution is 6.74. The summed E-state index contributed by atoms with van der Waals surface area (Å²) in [6.45, 7) is 18.2. The molecule has 0 unspecified atom stereocenters. The first-order valence-electron chi connectivity index (χ1n) is 11.7. The average Bonchev–Trinajstić information content (AvgIpc) is 2.82. The third kappa shape index (κ3) is 4.71. The number of rotatable bonds is 8. The van der Waals surface area contributed by atoms with Gasteiger partial charge in [-0.15, -0.1) is 0 Å². The Morgan fingerprint density at radius 1 is 1.07 bits per heavy atom. The van der Waals surface area contributed by atoms with Gasteiger partial charge in [-0.05, 0) is 81.8 Å². The van der Waals surface area contributed by atoms with Gasteiger partial charge in [-0.1, -0.05) is 47.0 Å². The van der Waals surface area contributed by atoms with Crippen molar-refractivity contribution in [3.8, 4) is 0 Å². The Morgan fingerprint density at radius 2 is 1.71 bits per heavy atom. The number of hydrogen-bond acceptors (Lipinski definition) is 3. The van der Waals surface area contributed by atoms with Gasteiger partial charge < -0.3 is 14.6 Å². The molecular formula is C24H48O3Si.